The molecule has 1 aliphatic heterocycles. The van der Waals surface area contributed by atoms with Crippen LogP contribution in [0.25, 0.3) is 0 Å². The average Bonchev–Trinajstić information content (AvgIpc) is 2.78. The molecule has 0 fully saturated rings. The van der Waals surface area contributed by atoms with E-state index < -0.39 is 5.97 Å². The van der Waals surface area contributed by atoms with Crippen LogP contribution >= 0.6 is 0 Å². The lowest BCUT2D eigenvalue weighted by molar-refractivity contribution is 0.0600. The number of hydrogen-bond donors (Lipinski definition) is 1. The number of rotatable bonds is 4. The van der Waals surface area contributed by atoms with Crippen LogP contribution in [0.3, 0.4) is 0 Å². The molecule has 1 amide bonds. The van der Waals surface area contributed by atoms with Gasteiger partial charge in [-0.25, -0.2) is 14.8 Å². The summed E-state index contributed by atoms with van der Waals surface area (Å²) in [6.07, 6.45) is 3.46. The van der Waals surface area contributed by atoms with E-state index in [-0.39, 0.29) is 11.6 Å². The molecule has 146 valence electrons. The Morgan fingerprint density at radius 2 is 1.86 bits per heavy atom. The molecule has 1 aromatic heterocycles. The number of anilines is 3. The third-order valence-corrected chi connectivity index (χ3v) is 4.84. The molecular weight excluding hydrogens is 368 g/mol. The summed E-state index contributed by atoms with van der Waals surface area (Å²) in [5.74, 6) is -0.0757. The highest BCUT2D eigenvalue weighted by Gasteiger charge is 2.20. The first-order valence-corrected chi connectivity index (χ1v) is 9.33. The van der Waals surface area contributed by atoms with Crippen LogP contribution in [-0.2, 0) is 11.2 Å². The Morgan fingerprint density at radius 1 is 1.07 bits per heavy atom. The maximum Gasteiger partial charge on any atom is 0.337 e. The Hall–Kier alpha value is -3.74. The molecule has 2 heterocycles. The maximum absolute atomic E-state index is 12.7. The van der Waals surface area contributed by atoms with Crippen molar-refractivity contribution in [3.05, 3.63) is 77.7 Å². The molecule has 4 rings (SSSR count). The number of aryl methyl sites for hydroxylation is 1. The molecule has 0 spiro atoms. The quantitative estimate of drug-likeness (QED) is 0.688. The van der Waals surface area contributed by atoms with Crippen molar-refractivity contribution >= 4 is 29.1 Å². The topological polar surface area (TPSA) is 84.4 Å². The van der Waals surface area contributed by atoms with Crippen LogP contribution in [0.5, 0.6) is 0 Å². The minimum Gasteiger partial charge on any atom is -0.465 e. The van der Waals surface area contributed by atoms with Crippen molar-refractivity contribution in [3.8, 4) is 0 Å². The zero-order valence-electron chi connectivity index (χ0n) is 16.0. The van der Waals surface area contributed by atoms with Crippen LogP contribution in [0.4, 0.5) is 17.2 Å². The van der Waals surface area contributed by atoms with Crippen LogP contribution in [0.1, 0.15) is 32.8 Å². The summed E-state index contributed by atoms with van der Waals surface area (Å²) in [6.45, 7) is 0.837. The number of carbonyl (C=O) groups is 2. The molecule has 0 bridgehead atoms. The number of esters is 1. The molecule has 0 radical (unpaired) electrons. The van der Waals surface area contributed by atoms with E-state index in [0.29, 0.717) is 17.1 Å². The average molecular weight is 388 g/mol. The number of para-hydroxylation sites is 1. The van der Waals surface area contributed by atoms with Crippen LogP contribution in [0.2, 0.25) is 0 Å². The summed E-state index contributed by atoms with van der Waals surface area (Å²) in [5, 5.41) is 2.79. The number of methoxy groups -OCH3 is 1. The number of aromatic nitrogens is 2. The Balaban J connectivity index is 1.53. The van der Waals surface area contributed by atoms with Crippen molar-refractivity contribution in [2.24, 2.45) is 0 Å². The van der Waals surface area contributed by atoms with Crippen molar-refractivity contribution < 1.29 is 14.3 Å². The van der Waals surface area contributed by atoms with Crippen molar-refractivity contribution in [2.75, 3.05) is 23.9 Å². The van der Waals surface area contributed by atoms with Crippen LogP contribution < -0.4 is 10.2 Å². The molecule has 2 aromatic carbocycles. The summed E-state index contributed by atoms with van der Waals surface area (Å²) >= 11 is 0. The van der Waals surface area contributed by atoms with Crippen LogP contribution in [0.15, 0.2) is 60.9 Å². The minimum absolute atomic E-state index is 0.273. The van der Waals surface area contributed by atoms with Gasteiger partial charge in [0.2, 0.25) is 0 Å². The summed E-state index contributed by atoms with van der Waals surface area (Å²) in [4.78, 5) is 34.8. The third kappa shape index (κ3) is 3.94. The Kier molecular flexibility index (Phi) is 5.20. The maximum atomic E-state index is 12.7. The van der Waals surface area contributed by atoms with E-state index in [4.69, 9.17) is 0 Å². The van der Waals surface area contributed by atoms with Crippen molar-refractivity contribution in [3.63, 3.8) is 0 Å². The zero-order valence-corrected chi connectivity index (χ0v) is 16.0. The first-order chi connectivity index (χ1) is 14.2. The number of nitrogens with one attached hydrogen (secondary N) is 1. The van der Waals surface area contributed by atoms with Gasteiger partial charge < -0.3 is 15.0 Å². The van der Waals surface area contributed by atoms with E-state index in [1.54, 1.807) is 30.3 Å². The molecule has 29 heavy (non-hydrogen) atoms. The van der Waals surface area contributed by atoms with Gasteiger partial charge in [0.15, 0.2) is 0 Å². The fourth-order valence-electron chi connectivity index (χ4n) is 3.39. The first kappa shape index (κ1) is 18.6. The van der Waals surface area contributed by atoms with Gasteiger partial charge in [0.25, 0.3) is 5.91 Å². The van der Waals surface area contributed by atoms with Gasteiger partial charge in [-0.05, 0) is 48.7 Å². The van der Waals surface area contributed by atoms with Gasteiger partial charge >= 0.3 is 5.97 Å². The number of amides is 1. The summed E-state index contributed by atoms with van der Waals surface area (Å²) in [6, 6.07) is 16.4. The second-order valence-electron chi connectivity index (χ2n) is 6.67. The van der Waals surface area contributed by atoms with Crippen molar-refractivity contribution in [1.29, 1.82) is 0 Å². The molecular formula is C22H20N4O3. The lowest BCUT2D eigenvalue weighted by atomic mass is 10.0. The molecule has 0 saturated carbocycles. The van der Waals surface area contributed by atoms with Gasteiger partial charge in [-0.1, -0.05) is 18.2 Å². The smallest absolute Gasteiger partial charge is 0.337 e. The van der Waals surface area contributed by atoms with Gasteiger partial charge in [-0.2, -0.15) is 0 Å². The van der Waals surface area contributed by atoms with Gasteiger partial charge in [0.05, 0.1) is 12.7 Å². The number of nitrogens with zero attached hydrogens (tertiary/aromatic N) is 3. The predicted octanol–water partition coefficient (Wildman–Crippen LogP) is 3.60. The number of fused-ring (bicyclic) bond motifs is 1. The highest BCUT2D eigenvalue weighted by Crippen LogP contribution is 2.32. The van der Waals surface area contributed by atoms with Gasteiger partial charge in [0, 0.05) is 24.0 Å². The normalized spacial score (nSPS) is 12.8. The fourth-order valence-corrected chi connectivity index (χ4v) is 3.39. The Morgan fingerprint density at radius 3 is 2.66 bits per heavy atom. The lowest BCUT2D eigenvalue weighted by Gasteiger charge is -2.30. The molecule has 0 atom stereocenters. The molecule has 1 N–H and O–H groups in total. The van der Waals surface area contributed by atoms with E-state index in [0.717, 1.165) is 25.1 Å². The van der Waals surface area contributed by atoms with Gasteiger partial charge in [-0.3, -0.25) is 4.79 Å². The molecule has 7 nitrogen and oxygen atoms in total. The summed E-state index contributed by atoms with van der Waals surface area (Å²) < 4.78 is 4.67. The Labute approximate surface area is 168 Å². The molecule has 0 unspecified atom stereocenters. The van der Waals surface area contributed by atoms with E-state index in [2.05, 4.69) is 37.1 Å². The SMILES string of the molecule is COC(=O)c1ccc(NC(=O)c2cc(N3CCCc4ccccc43)ncn2)cc1. The number of benzene rings is 2. The highest BCUT2D eigenvalue weighted by molar-refractivity contribution is 6.03. The second kappa shape index (κ2) is 8.10. The molecule has 0 aliphatic carbocycles. The van der Waals surface area contributed by atoms with Crippen molar-refractivity contribution in [2.45, 2.75) is 12.8 Å². The predicted molar refractivity (Wildman–Crippen MR) is 110 cm³/mol. The van der Waals surface area contributed by atoms with Gasteiger partial charge in [-0.15, -0.1) is 0 Å². The molecule has 7 heteroatoms. The lowest BCUT2D eigenvalue weighted by Crippen LogP contribution is -2.26. The van der Waals surface area contributed by atoms with Crippen molar-refractivity contribution in [1.82, 2.24) is 9.97 Å². The number of ether oxygens (including phenoxy) is 1. The monoisotopic (exact) mass is 388 g/mol. The minimum atomic E-state index is -0.426. The molecule has 0 saturated heterocycles. The van der Waals surface area contributed by atoms with E-state index in [9.17, 15) is 9.59 Å². The number of carbonyl (C=O) groups excluding carboxylic acids is 2. The molecule has 3 aromatic rings. The fraction of sp³-hybridized carbons (Fsp3) is 0.182. The van der Waals surface area contributed by atoms with E-state index in [1.807, 2.05) is 12.1 Å². The zero-order chi connectivity index (χ0) is 20.2. The van der Waals surface area contributed by atoms with E-state index in [1.165, 1.54) is 19.0 Å². The standard InChI is InChI=1S/C22H20N4O3/c1-29-22(28)16-8-10-17(11-9-16)25-21(27)18-13-20(24-14-23-18)26-12-4-6-15-5-2-3-7-19(15)26/h2-3,5,7-11,13-14H,4,6,12H2,1H3,(H,25,27). The summed E-state index contributed by atoms with van der Waals surface area (Å²) in [7, 11) is 1.32. The van der Waals surface area contributed by atoms with Crippen LogP contribution in [-0.4, -0.2) is 35.5 Å². The summed E-state index contributed by atoms with van der Waals surface area (Å²) in [5.41, 5.74) is 3.64. The van der Waals surface area contributed by atoms with Crippen LogP contribution in [0, 0.1) is 0 Å². The number of hydrogen-bond acceptors (Lipinski definition) is 6. The van der Waals surface area contributed by atoms with E-state index >= 15 is 0 Å². The largest absolute Gasteiger partial charge is 0.465 e. The Bertz CT molecular complexity index is 1050. The second-order valence-corrected chi connectivity index (χ2v) is 6.67. The molecule has 1 aliphatic rings. The first-order valence-electron chi connectivity index (χ1n) is 9.33. The third-order valence-electron chi connectivity index (χ3n) is 4.84. The van der Waals surface area contributed by atoms with Gasteiger partial charge in [0.1, 0.15) is 17.8 Å². The highest BCUT2D eigenvalue weighted by atomic mass is 16.5.